The Morgan fingerprint density at radius 3 is 2.75 bits per heavy atom. The first-order valence-corrected chi connectivity index (χ1v) is 7.71. The summed E-state index contributed by atoms with van der Waals surface area (Å²) in [4.78, 5) is 0. The van der Waals surface area contributed by atoms with Crippen molar-refractivity contribution in [2.24, 2.45) is 0 Å². The zero-order chi connectivity index (χ0) is 14.6. The highest BCUT2D eigenvalue weighted by Gasteiger charge is 2.34. The standard InChI is InChI=1S/C17H26FNO/c1-4-17(5-2)11-16(8-9-20-17)19-12-14-6-7-15(18)10-13(14)3/h6-7,10,16,19H,4-5,8-9,11-12H2,1-3H3. The summed E-state index contributed by atoms with van der Waals surface area (Å²) in [6, 6.07) is 5.51. The Morgan fingerprint density at radius 1 is 1.35 bits per heavy atom. The van der Waals surface area contributed by atoms with E-state index in [-0.39, 0.29) is 11.4 Å². The minimum Gasteiger partial charge on any atom is -0.375 e. The number of nitrogens with one attached hydrogen (secondary N) is 1. The molecule has 1 unspecified atom stereocenters. The van der Waals surface area contributed by atoms with E-state index in [0.717, 1.165) is 44.4 Å². The summed E-state index contributed by atoms with van der Waals surface area (Å²) in [6.45, 7) is 8.01. The predicted molar refractivity (Wildman–Crippen MR) is 80.3 cm³/mol. The summed E-state index contributed by atoms with van der Waals surface area (Å²) in [5, 5.41) is 3.62. The van der Waals surface area contributed by atoms with Gasteiger partial charge in [0.1, 0.15) is 5.82 Å². The van der Waals surface area contributed by atoms with E-state index in [4.69, 9.17) is 4.74 Å². The van der Waals surface area contributed by atoms with E-state index in [2.05, 4.69) is 19.2 Å². The molecule has 0 aromatic heterocycles. The van der Waals surface area contributed by atoms with Gasteiger partial charge >= 0.3 is 0 Å². The van der Waals surface area contributed by atoms with Crippen molar-refractivity contribution in [2.75, 3.05) is 6.61 Å². The molecule has 0 amide bonds. The van der Waals surface area contributed by atoms with Crippen LogP contribution >= 0.6 is 0 Å². The van der Waals surface area contributed by atoms with Gasteiger partial charge in [-0.15, -0.1) is 0 Å². The average Bonchev–Trinajstić information content (AvgIpc) is 2.46. The van der Waals surface area contributed by atoms with Crippen LogP contribution in [0.25, 0.3) is 0 Å². The van der Waals surface area contributed by atoms with Crippen molar-refractivity contribution in [1.82, 2.24) is 5.32 Å². The highest BCUT2D eigenvalue weighted by Crippen LogP contribution is 2.31. The van der Waals surface area contributed by atoms with Crippen LogP contribution in [0.15, 0.2) is 18.2 Å². The molecule has 2 nitrogen and oxygen atoms in total. The molecular weight excluding hydrogens is 253 g/mol. The number of rotatable bonds is 5. The van der Waals surface area contributed by atoms with E-state index in [0.29, 0.717) is 6.04 Å². The van der Waals surface area contributed by atoms with Gasteiger partial charge < -0.3 is 10.1 Å². The van der Waals surface area contributed by atoms with Gasteiger partial charge in [0.2, 0.25) is 0 Å². The third kappa shape index (κ3) is 3.58. The lowest BCUT2D eigenvalue weighted by atomic mass is 9.86. The van der Waals surface area contributed by atoms with Gasteiger partial charge in [0.15, 0.2) is 0 Å². The highest BCUT2D eigenvalue weighted by atomic mass is 19.1. The second-order valence-electron chi connectivity index (χ2n) is 5.88. The second-order valence-corrected chi connectivity index (χ2v) is 5.88. The van der Waals surface area contributed by atoms with Crippen molar-refractivity contribution in [3.63, 3.8) is 0 Å². The molecule has 112 valence electrons. The van der Waals surface area contributed by atoms with Crippen LogP contribution in [-0.4, -0.2) is 18.2 Å². The summed E-state index contributed by atoms with van der Waals surface area (Å²) in [5.41, 5.74) is 2.24. The second kappa shape index (κ2) is 6.68. The van der Waals surface area contributed by atoms with Crippen LogP contribution in [0.1, 0.15) is 50.7 Å². The van der Waals surface area contributed by atoms with Crippen molar-refractivity contribution in [1.29, 1.82) is 0 Å². The minimum atomic E-state index is -0.159. The lowest BCUT2D eigenvalue weighted by Gasteiger charge is -2.40. The third-order valence-corrected chi connectivity index (χ3v) is 4.67. The molecule has 0 aliphatic carbocycles. The smallest absolute Gasteiger partial charge is 0.123 e. The Balaban J connectivity index is 1.93. The van der Waals surface area contributed by atoms with Crippen molar-refractivity contribution in [2.45, 2.75) is 64.6 Å². The summed E-state index contributed by atoms with van der Waals surface area (Å²) >= 11 is 0. The first-order valence-electron chi connectivity index (χ1n) is 7.71. The Labute approximate surface area is 121 Å². The van der Waals surface area contributed by atoms with Gasteiger partial charge in [-0.2, -0.15) is 0 Å². The molecule has 0 saturated carbocycles. The summed E-state index contributed by atoms with van der Waals surface area (Å²) < 4.78 is 19.1. The molecule has 1 fully saturated rings. The fourth-order valence-electron chi connectivity index (χ4n) is 3.06. The molecule has 1 N–H and O–H groups in total. The molecule has 0 bridgehead atoms. The molecule has 1 atom stereocenters. The van der Waals surface area contributed by atoms with Gasteiger partial charge in [-0.1, -0.05) is 19.9 Å². The number of hydrogen-bond donors (Lipinski definition) is 1. The van der Waals surface area contributed by atoms with Crippen molar-refractivity contribution in [3.05, 3.63) is 35.1 Å². The molecule has 1 saturated heterocycles. The number of ether oxygens (including phenoxy) is 1. The Kier molecular flexibility index (Phi) is 5.17. The van der Waals surface area contributed by atoms with Crippen LogP contribution in [0.3, 0.4) is 0 Å². The normalized spacial score (nSPS) is 21.9. The molecule has 20 heavy (non-hydrogen) atoms. The third-order valence-electron chi connectivity index (χ3n) is 4.67. The van der Waals surface area contributed by atoms with Gasteiger partial charge in [-0.25, -0.2) is 4.39 Å². The van der Waals surface area contributed by atoms with Crippen LogP contribution in [-0.2, 0) is 11.3 Å². The van der Waals surface area contributed by atoms with E-state index in [1.54, 1.807) is 6.07 Å². The first kappa shape index (κ1) is 15.5. The van der Waals surface area contributed by atoms with Crippen molar-refractivity contribution < 1.29 is 9.13 Å². The fraction of sp³-hybridized carbons (Fsp3) is 0.647. The molecule has 1 aromatic carbocycles. The van der Waals surface area contributed by atoms with E-state index >= 15 is 0 Å². The largest absolute Gasteiger partial charge is 0.375 e. The summed E-state index contributed by atoms with van der Waals surface area (Å²) in [6.07, 6.45) is 4.26. The minimum absolute atomic E-state index is 0.0494. The van der Waals surface area contributed by atoms with E-state index < -0.39 is 0 Å². The quantitative estimate of drug-likeness (QED) is 0.881. The maximum Gasteiger partial charge on any atom is 0.123 e. The van der Waals surface area contributed by atoms with Gasteiger partial charge in [0.25, 0.3) is 0 Å². The zero-order valence-corrected chi connectivity index (χ0v) is 12.8. The van der Waals surface area contributed by atoms with E-state index in [1.807, 2.05) is 13.0 Å². The van der Waals surface area contributed by atoms with E-state index in [9.17, 15) is 4.39 Å². The lowest BCUT2D eigenvalue weighted by molar-refractivity contribution is -0.0932. The SMILES string of the molecule is CCC1(CC)CC(NCc2ccc(F)cc2C)CCO1. The summed E-state index contributed by atoms with van der Waals surface area (Å²) in [5.74, 6) is -0.159. The van der Waals surface area contributed by atoms with Gasteiger partial charge in [-0.05, 0) is 55.9 Å². The van der Waals surface area contributed by atoms with Crippen LogP contribution in [0.2, 0.25) is 0 Å². The van der Waals surface area contributed by atoms with Crippen molar-refractivity contribution >= 4 is 0 Å². The molecule has 1 aliphatic heterocycles. The van der Waals surface area contributed by atoms with Gasteiger partial charge in [0, 0.05) is 19.2 Å². The summed E-state index contributed by atoms with van der Waals surface area (Å²) in [7, 11) is 0. The maximum absolute atomic E-state index is 13.1. The van der Waals surface area contributed by atoms with Gasteiger partial charge in [-0.3, -0.25) is 0 Å². The predicted octanol–water partition coefficient (Wildman–Crippen LogP) is 3.96. The Morgan fingerprint density at radius 2 is 2.10 bits per heavy atom. The van der Waals surface area contributed by atoms with Crippen molar-refractivity contribution in [3.8, 4) is 0 Å². The molecule has 0 radical (unpaired) electrons. The maximum atomic E-state index is 13.1. The molecule has 3 heteroatoms. The Hall–Kier alpha value is -0.930. The van der Waals surface area contributed by atoms with Crippen LogP contribution in [0, 0.1) is 12.7 Å². The lowest BCUT2D eigenvalue weighted by Crippen LogP contribution is -2.46. The molecule has 1 heterocycles. The molecule has 2 rings (SSSR count). The number of aryl methyl sites for hydroxylation is 1. The monoisotopic (exact) mass is 279 g/mol. The van der Waals surface area contributed by atoms with Crippen LogP contribution < -0.4 is 5.32 Å². The van der Waals surface area contributed by atoms with Crippen LogP contribution in [0.5, 0.6) is 0 Å². The highest BCUT2D eigenvalue weighted by molar-refractivity contribution is 5.26. The topological polar surface area (TPSA) is 21.3 Å². The van der Waals surface area contributed by atoms with E-state index in [1.165, 1.54) is 11.6 Å². The van der Waals surface area contributed by atoms with Crippen LogP contribution in [0.4, 0.5) is 4.39 Å². The molecular formula is C17H26FNO. The molecule has 0 spiro atoms. The average molecular weight is 279 g/mol. The number of hydrogen-bond acceptors (Lipinski definition) is 2. The molecule has 1 aromatic rings. The fourth-order valence-corrected chi connectivity index (χ4v) is 3.06. The zero-order valence-electron chi connectivity index (χ0n) is 12.8. The van der Waals surface area contributed by atoms with Gasteiger partial charge in [0.05, 0.1) is 5.60 Å². The first-order chi connectivity index (χ1) is 9.58. The Bertz CT molecular complexity index is 443. The number of benzene rings is 1. The molecule has 1 aliphatic rings. The number of halogens is 1.